The van der Waals surface area contributed by atoms with Gasteiger partial charge in [-0.3, -0.25) is 4.79 Å². The van der Waals surface area contributed by atoms with Crippen LogP contribution in [0.15, 0.2) is 66.9 Å². The number of hydrogen-bond donors (Lipinski definition) is 2. The lowest BCUT2D eigenvalue weighted by atomic mass is 10.0. The lowest BCUT2D eigenvalue weighted by Crippen LogP contribution is -2.46. The first-order valence-electron chi connectivity index (χ1n) is 10.2. The first-order chi connectivity index (χ1) is 15.2. The predicted octanol–water partition coefficient (Wildman–Crippen LogP) is 3.50. The quantitative estimate of drug-likeness (QED) is 0.638. The summed E-state index contributed by atoms with van der Waals surface area (Å²) < 4.78 is 10.5. The lowest BCUT2D eigenvalue weighted by Gasteiger charge is -2.34. The second kappa shape index (κ2) is 9.49. The molecule has 2 N–H and O–H groups in total. The number of rotatable bonds is 6. The van der Waals surface area contributed by atoms with Crippen molar-refractivity contribution in [2.24, 2.45) is 0 Å². The zero-order valence-corrected chi connectivity index (χ0v) is 17.7. The van der Waals surface area contributed by atoms with Gasteiger partial charge in [0.05, 0.1) is 19.8 Å². The molecule has 0 unspecified atom stereocenters. The van der Waals surface area contributed by atoms with Gasteiger partial charge in [-0.25, -0.2) is 4.98 Å². The van der Waals surface area contributed by atoms with E-state index in [1.165, 1.54) is 5.56 Å². The molecule has 0 radical (unpaired) electrons. The van der Waals surface area contributed by atoms with E-state index in [1.54, 1.807) is 44.7 Å². The maximum absolute atomic E-state index is 12.6. The van der Waals surface area contributed by atoms with Crippen LogP contribution >= 0.6 is 0 Å². The Morgan fingerprint density at radius 3 is 2.58 bits per heavy atom. The number of aromatic nitrogens is 1. The van der Waals surface area contributed by atoms with Crippen LogP contribution in [0, 0.1) is 0 Å². The summed E-state index contributed by atoms with van der Waals surface area (Å²) in [6.07, 6.45) is 1.62. The number of amides is 1. The minimum Gasteiger partial charge on any atom is -0.493 e. The van der Waals surface area contributed by atoms with Crippen LogP contribution in [-0.2, 0) is 0 Å². The van der Waals surface area contributed by atoms with Gasteiger partial charge in [-0.2, -0.15) is 0 Å². The summed E-state index contributed by atoms with van der Waals surface area (Å²) in [4.78, 5) is 19.4. The Balaban J connectivity index is 1.42. The zero-order valence-electron chi connectivity index (χ0n) is 17.7. The Hall–Kier alpha value is -3.58. The molecule has 3 aromatic rings. The maximum atomic E-state index is 12.6. The summed E-state index contributed by atoms with van der Waals surface area (Å²) >= 11 is 0. The number of anilines is 2. The summed E-state index contributed by atoms with van der Waals surface area (Å²) in [6, 6.07) is 19.6. The molecule has 0 bridgehead atoms. The summed E-state index contributed by atoms with van der Waals surface area (Å²) in [5.74, 6) is 1.80. The second-order valence-corrected chi connectivity index (χ2v) is 7.29. The molecule has 0 aliphatic carbocycles. The number of methoxy groups -OCH3 is 2. The fourth-order valence-electron chi connectivity index (χ4n) is 3.69. The first kappa shape index (κ1) is 20.7. The standard InChI is InChI=1S/C24H26N4O3/c1-30-21-10-9-19(14-22(21)31-2)27-24(29)18-8-11-23(26-15-18)28-13-12-25-20(16-28)17-6-4-3-5-7-17/h3-11,14-15,20,25H,12-13,16H2,1-2H3,(H,27,29)/t20-/m0/s1. The Morgan fingerprint density at radius 1 is 1.06 bits per heavy atom. The number of carbonyl (C=O) groups is 1. The highest BCUT2D eigenvalue weighted by molar-refractivity contribution is 6.04. The highest BCUT2D eigenvalue weighted by Gasteiger charge is 2.21. The Morgan fingerprint density at radius 2 is 1.87 bits per heavy atom. The molecule has 1 aliphatic rings. The number of carbonyl (C=O) groups excluding carboxylic acids is 1. The molecule has 2 aromatic carbocycles. The van der Waals surface area contributed by atoms with Crippen LogP contribution < -0.4 is 25.0 Å². The van der Waals surface area contributed by atoms with Gasteiger partial charge in [0.25, 0.3) is 5.91 Å². The molecule has 1 aliphatic heterocycles. The molecule has 0 saturated carbocycles. The van der Waals surface area contributed by atoms with Crippen molar-refractivity contribution in [3.8, 4) is 11.5 Å². The van der Waals surface area contributed by atoms with Gasteiger partial charge in [0.2, 0.25) is 0 Å². The number of pyridine rings is 1. The number of ether oxygens (including phenoxy) is 2. The molecular weight excluding hydrogens is 392 g/mol. The molecule has 1 amide bonds. The lowest BCUT2D eigenvalue weighted by molar-refractivity contribution is 0.102. The van der Waals surface area contributed by atoms with E-state index < -0.39 is 0 Å². The van der Waals surface area contributed by atoms with Crippen molar-refractivity contribution in [3.05, 3.63) is 78.0 Å². The van der Waals surface area contributed by atoms with Gasteiger partial charge in [0.15, 0.2) is 11.5 Å². The van der Waals surface area contributed by atoms with Crippen LogP contribution in [-0.4, -0.2) is 44.7 Å². The number of benzene rings is 2. The molecule has 1 atom stereocenters. The minimum atomic E-state index is -0.228. The molecule has 4 rings (SSSR count). The molecule has 1 saturated heterocycles. The van der Waals surface area contributed by atoms with Crippen molar-refractivity contribution in [1.82, 2.24) is 10.3 Å². The molecular formula is C24H26N4O3. The third kappa shape index (κ3) is 4.78. The van der Waals surface area contributed by atoms with Crippen LogP contribution in [0.3, 0.4) is 0 Å². The van der Waals surface area contributed by atoms with E-state index in [-0.39, 0.29) is 11.9 Å². The number of nitrogens with zero attached hydrogens (tertiary/aromatic N) is 2. The summed E-state index contributed by atoms with van der Waals surface area (Å²) in [6.45, 7) is 2.57. The summed E-state index contributed by atoms with van der Waals surface area (Å²) in [5.41, 5.74) is 2.38. The highest BCUT2D eigenvalue weighted by Crippen LogP contribution is 2.30. The fourth-order valence-corrected chi connectivity index (χ4v) is 3.69. The van der Waals surface area contributed by atoms with Crippen LogP contribution in [0.5, 0.6) is 11.5 Å². The second-order valence-electron chi connectivity index (χ2n) is 7.29. The summed E-state index contributed by atoms with van der Waals surface area (Å²) in [7, 11) is 3.13. The van der Waals surface area contributed by atoms with E-state index in [9.17, 15) is 4.79 Å². The molecule has 7 nitrogen and oxygen atoms in total. The zero-order chi connectivity index (χ0) is 21.6. The summed E-state index contributed by atoms with van der Waals surface area (Å²) in [5, 5.41) is 6.43. The SMILES string of the molecule is COc1ccc(NC(=O)c2ccc(N3CCN[C@H](c4ccccc4)C3)nc2)cc1OC. The smallest absolute Gasteiger partial charge is 0.257 e. The van der Waals surface area contributed by atoms with Gasteiger partial charge in [-0.05, 0) is 29.8 Å². The third-order valence-electron chi connectivity index (χ3n) is 5.35. The predicted molar refractivity (Wildman–Crippen MR) is 121 cm³/mol. The van der Waals surface area contributed by atoms with Crippen LogP contribution in [0.25, 0.3) is 0 Å². The van der Waals surface area contributed by atoms with Gasteiger partial charge in [-0.15, -0.1) is 0 Å². The van der Waals surface area contributed by atoms with E-state index in [2.05, 4.69) is 44.8 Å². The van der Waals surface area contributed by atoms with Gasteiger partial charge < -0.3 is 25.0 Å². The van der Waals surface area contributed by atoms with Crippen LogP contribution in [0.2, 0.25) is 0 Å². The number of hydrogen-bond acceptors (Lipinski definition) is 6. The van der Waals surface area contributed by atoms with E-state index in [1.807, 2.05) is 12.1 Å². The van der Waals surface area contributed by atoms with Crippen molar-refractivity contribution in [2.75, 3.05) is 44.1 Å². The van der Waals surface area contributed by atoms with E-state index in [0.717, 1.165) is 25.5 Å². The normalized spacial score (nSPS) is 15.9. The average molecular weight is 418 g/mol. The maximum Gasteiger partial charge on any atom is 0.257 e. The van der Waals surface area contributed by atoms with Crippen LogP contribution in [0.1, 0.15) is 22.0 Å². The molecule has 160 valence electrons. The van der Waals surface area contributed by atoms with E-state index in [0.29, 0.717) is 22.7 Å². The van der Waals surface area contributed by atoms with E-state index in [4.69, 9.17) is 9.47 Å². The average Bonchev–Trinajstić information content (AvgIpc) is 2.84. The van der Waals surface area contributed by atoms with Crippen molar-refractivity contribution in [3.63, 3.8) is 0 Å². The highest BCUT2D eigenvalue weighted by atomic mass is 16.5. The van der Waals surface area contributed by atoms with E-state index >= 15 is 0 Å². The Bertz CT molecular complexity index is 1020. The molecule has 31 heavy (non-hydrogen) atoms. The van der Waals surface area contributed by atoms with Gasteiger partial charge in [0, 0.05) is 43.6 Å². The largest absolute Gasteiger partial charge is 0.493 e. The Labute approximate surface area is 182 Å². The Kier molecular flexibility index (Phi) is 6.33. The van der Waals surface area contributed by atoms with Gasteiger partial charge >= 0.3 is 0 Å². The number of piperazine rings is 1. The van der Waals surface area contributed by atoms with Crippen molar-refractivity contribution in [1.29, 1.82) is 0 Å². The van der Waals surface area contributed by atoms with Crippen molar-refractivity contribution >= 4 is 17.4 Å². The van der Waals surface area contributed by atoms with Gasteiger partial charge in [0.1, 0.15) is 5.82 Å². The molecule has 1 fully saturated rings. The minimum absolute atomic E-state index is 0.228. The molecule has 7 heteroatoms. The molecule has 2 heterocycles. The van der Waals surface area contributed by atoms with Crippen molar-refractivity contribution in [2.45, 2.75) is 6.04 Å². The monoisotopic (exact) mass is 418 g/mol. The first-order valence-corrected chi connectivity index (χ1v) is 10.2. The fraction of sp³-hybridized carbons (Fsp3) is 0.250. The van der Waals surface area contributed by atoms with Crippen LogP contribution in [0.4, 0.5) is 11.5 Å². The molecule has 1 aromatic heterocycles. The number of nitrogens with one attached hydrogen (secondary N) is 2. The van der Waals surface area contributed by atoms with Crippen molar-refractivity contribution < 1.29 is 14.3 Å². The molecule has 0 spiro atoms. The third-order valence-corrected chi connectivity index (χ3v) is 5.35. The topological polar surface area (TPSA) is 75.7 Å². The van der Waals surface area contributed by atoms with Gasteiger partial charge in [-0.1, -0.05) is 30.3 Å².